The highest BCUT2D eigenvalue weighted by atomic mass is 16.5. The van der Waals surface area contributed by atoms with Crippen LogP contribution in [0, 0.1) is 18.3 Å². The topological polar surface area (TPSA) is 82.3 Å². The normalized spacial score (nSPS) is 13.9. The predicted octanol–water partition coefficient (Wildman–Crippen LogP) is 4.98. The van der Waals surface area contributed by atoms with Crippen LogP contribution in [0.5, 0.6) is 5.75 Å². The highest BCUT2D eigenvalue weighted by molar-refractivity contribution is 5.99. The summed E-state index contributed by atoms with van der Waals surface area (Å²) in [4.78, 5) is 27.1. The van der Waals surface area contributed by atoms with E-state index in [1.54, 1.807) is 12.3 Å². The molecule has 0 aliphatic carbocycles. The van der Waals surface area contributed by atoms with Crippen LogP contribution >= 0.6 is 0 Å². The Hall–Kier alpha value is -3.76. The second-order valence-corrected chi connectivity index (χ2v) is 9.53. The van der Waals surface area contributed by atoms with E-state index >= 15 is 0 Å². The van der Waals surface area contributed by atoms with Gasteiger partial charge >= 0.3 is 0 Å². The van der Waals surface area contributed by atoms with Crippen molar-refractivity contribution in [2.45, 2.75) is 46.6 Å². The number of rotatable bonds is 9. The lowest BCUT2D eigenvalue weighted by Crippen LogP contribution is -2.40. The van der Waals surface area contributed by atoms with Crippen LogP contribution in [0.4, 0.5) is 0 Å². The SMILES string of the molecule is CCOc1cc([C@H](C)N2CCc3c(cc(CCN(C)CC)cc3-c3cccnc3C)C2=O)ncc1C#N. The molecule has 192 valence electrons. The molecule has 0 saturated heterocycles. The molecule has 0 fully saturated rings. The summed E-state index contributed by atoms with van der Waals surface area (Å²) in [5, 5.41) is 9.39. The van der Waals surface area contributed by atoms with E-state index in [0.717, 1.165) is 59.4 Å². The Balaban J connectivity index is 1.73. The number of aryl methyl sites for hydroxylation is 1. The second kappa shape index (κ2) is 11.5. The highest BCUT2D eigenvalue weighted by Crippen LogP contribution is 2.36. The van der Waals surface area contributed by atoms with E-state index in [1.807, 2.05) is 31.7 Å². The minimum atomic E-state index is -0.258. The van der Waals surface area contributed by atoms with Gasteiger partial charge in [-0.05, 0) is 76.0 Å². The van der Waals surface area contributed by atoms with Gasteiger partial charge in [-0.15, -0.1) is 0 Å². The molecule has 0 bridgehead atoms. The fourth-order valence-corrected chi connectivity index (χ4v) is 4.88. The van der Waals surface area contributed by atoms with E-state index < -0.39 is 0 Å². The van der Waals surface area contributed by atoms with Gasteiger partial charge in [0.05, 0.1) is 18.3 Å². The van der Waals surface area contributed by atoms with Crippen molar-refractivity contribution >= 4 is 5.91 Å². The maximum absolute atomic E-state index is 14.0. The summed E-state index contributed by atoms with van der Waals surface area (Å²) in [6, 6.07) is 12.0. The molecular weight excluding hydrogens is 462 g/mol. The fourth-order valence-electron chi connectivity index (χ4n) is 4.88. The maximum Gasteiger partial charge on any atom is 0.254 e. The molecule has 37 heavy (non-hydrogen) atoms. The smallest absolute Gasteiger partial charge is 0.254 e. The summed E-state index contributed by atoms with van der Waals surface area (Å²) in [5.41, 5.74) is 7.24. The van der Waals surface area contributed by atoms with Gasteiger partial charge in [0.1, 0.15) is 17.4 Å². The zero-order valence-corrected chi connectivity index (χ0v) is 22.4. The van der Waals surface area contributed by atoms with Crippen molar-refractivity contribution in [3.05, 3.63) is 76.4 Å². The van der Waals surface area contributed by atoms with Crippen molar-refractivity contribution in [3.8, 4) is 22.9 Å². The fraction of sp³-hybridized carbons (Fsp3) is 0.400. The number of aromatic nitrogens is 2. The minimum absolute atomic E-state index is 0.00589. The van der Waals surface area contributed by atoms with E-state index in [0.29, 0.717) is 30.2 Å². The van der Waals surface area contributed by atoms with Gasteiger partial charge in [-0.1, -0.05) is 19.1 Å². The molecule has 0 spiro atoms. The lowest BCUT2D eigenvalue weighted by molar-refractivity contribution is 0.0669. The maximum atomic E-state index is 14.0. The van der Waals surface area contributed by atoms with E-state index in [-0.39, 0.29) is 11.9 Å². The molecule has 3 aromatic rings. The minimum Gasteiger partial charge on any atom is -0.492 e. The molecule has 0 unspecified atom stereocenters. The Morgan fingerprint density at radius 3 is 2.68 bits per heavy atom. The summed E-state index contributed by atoms with van der Waals surface area (Å²) in [7, 11) is 2.11. The predicted molar refractivity (Wildman–Crippen MR) is 145 cm³/mol. The Morgan fingerprint density at radius 1 is 1.19 bits per heavy atom. The van der Waals surface area contributed by atoms with Crippen LogP contribution in [0.3, 0.4) is 0 Å². The molecule has 0 N–H and O–H groups in total. The van der Waals surface area contributed by atoms with Gasteiger partial charge in [-0.2, -0.15) is 5.26 Å². The number of ether oxygens (including phenoxy) is 1. The van der Waals surface area contributed by atoms with Crippen molar-refractivity contribution in [3.63, 3.8) is 0 Å². The van der Waals surface area contributed by atoms with E-state index in [9.17, 15) is 10.1 Å². The van der Waals surface area contributed by atoms with Crippen molar-refractivity contribution in [1.82, 2.24) is 19.8 Å². The number of nitrogens with zero attached hydrogens (tertiary/aromatic N) is 5. The average molecular weight is 498 g/mol. The van der Waals surface area contributed by atoms with Crippen LogP contribution in [-0.2, 0) is 12.8 Å². The van der Waals surface area contributed by atoms with Crippen LogP contribution in [0.2, 0.25) is 0 Å². The molecule has 1 aromatic carbocycles. The van der Waals surface area contributed by atoms with Crippen LogP contribution in [0.1, 0.15) is 65.2 Å². The molecule has 1 amide bonds. The van der Waals surface area contributed by atoms with E-state index in [4.69, 9.17) is 4.74 Å². The summed E-state index contributed by atoms with van der Waals surface area (Å²) >= 11 is 0. The molecule has 4 rings (SSSR count). The van der Waals surface area contributed by atoms with Gasteiger partial charge in [-0.25, -0.2) is 0 Å². The Morgan fingerprint density at radius 2 is 1.97 bits per heavy atom. The number of carbonyl (C=O) groups is 1. The zero-order valence-electron chi connectivity index (χ0n) is 22.4. The molecule has 2 aromatic heterocycles. The van der Waals surface area contributed by atoms with Gasteiger partial charge in [0.2, 0.25) is 0 Å². The van der Waals surface area contributed by atoms with Crippen molar-refractivity contribution in [2.24, 2.45) is 0 Å². The number of likely N-dealkylation sites (N-methyl/N-ethyl adjacent to an activating group) is 1. The van der Waals surface area contributed by atoms with Crippen LogP contribution in [0.15, 0.2) is 42.7 Å². The van der Waals surface area contributed by atoms with Crippen molar-refractivity contribution in [1.29, 1.82) is 5.26 Å². The quantitative estimate of drug-likeness (QED) is 0.415. The van der Waals surface area contributed by atoms with Crippen LogP contribution in [0.25, 0.3) is 11.1 Å². The number of amides is 1. The van der Waals surface area contributed by atoms with Gasteiger partial charge in [0, 0.05) is 48.4 Å². The summed E-state index contributed by atoms with van der Waals surface area (Å²) in [5.74, 6) is 0.509. The summed E-state index contributed by atoms with van der Waals surface area (Å²) in [6.07, 6.45) is 4.95. The number of carbonyl (C=O) groups excluding carboxylic acids is 1. The number of fused-ring (bicyclic) bond motifs is 1. The average Bonchev–Trinajstić information content (AvgIpc) is 2.92. The van der Waals surface area contributed by atoms with Gasteiger partial charge in [0.25, 0.3) is 5.91 Å². The number of benzene rings is 1. The first-order valence-electron chi connectivity index (χ1n) is 13.0. The van der Waals surface area contributed by atoms with Crippen LogP contribution < -0.4 is 4.74 Å². The van der Waals surface area contributed by atoms with Crippen molar-refractivity contribution < 1.29 is 9.53 Å². The number of pyridine rings is 2. The second-order valence-electron chi connectivity index (χ2n) is 9.53. The standard InChI is InChI=1S/C30H35N5O2/c1-6-34(5)13-10-22-15-26(24-9-8-12-32-20(24)3)25-11-14-35(30(36)27(25)16-22)21(4)28-17-29(37-7-2)23(18-31)19-33-28/h8-9,12,15-17,19,21H,6-7,10-11,13-14H2,1-5H3/t21-/m0/s1. The van der Waals surface area contributed by atoms with E-state index in [1.165, 1.54) is 6.20 Å². The number of nitriles is 1. The monoisotopic (exact) mass is 497 g/mol. The number of hydrogen-bond donors (Lipinski definition) is 0. The van der Waals surface area contributed by atoms with E-state index in [2.05, 4.69) is 53.1 Å². The number of hydrogen-bond acceptors (Lipinski definition) is 6. The molecule has 1 atom stereocenters. The first-order valence-corrected chi connectivity index (χ1v) is 13.0. The first-order chi connectivity index (χ1) is 17.9. The third-order valence-electron chi connectivity index (χ3n) is 7.23. The Labute approximate surface area is 219 Å². The van der Waals surface area contributed by atoms with Crippen LogP contribution in [-0.4, -0.2) is 59.0 Å². The Kier molecular flexibility index (Phi) is 8.20. The van der Waals surface area contributed by atoms with Crippen molar-refractivity contribution in [2.75, 3.05) is 33.3 Å². The lowest BCUT2D eigenvalue weighted by atomic mass is 9.86. The lowest BCUT2D eigenvalue weighted by Gasteiger charge is -2.35. The molecule has 3 heterocycles. The third kappa shape index (κ3) is 5.50. The zero-order chi connectivity index (χ0) is 26.5. The summed E-state index contributed by atoms with van der Waals surface area (Å²) < 4.78 is 5.66. The molecule has 0 saturated carbocycles. The van der Waals surface area contributed by atoms with Gasteiger partial charge in [0.15, 0.2) is 0 Å². The first kappa shape index (κ1) is 26.3. The highest BCUT2D eigenvalue weighted by Gasteiger charge is 2.32. The third-order valence-corrected chi connectivity index (χ3v) is 7.23. The molecular formula is C30H35N5O2. The molecule has 7 heteroatoms. The van der Waals surface area contributed by atoms with Gasteiger partial charge in [-0.3, -0.25) is 14.8 Å². The molecule has 1 aliphatic heterocycles. The summed E-state index contributed by atoms with van der Waals surface area (Å²) in [6.45, 7) is 11.0. The largest absolute Gasteiger partial charge is 0.492 e. The molecule has 1 aliphatic rings. The Bertz CT molecular complexity index is 1330. The molecule has 7 nitrogen and oxygen atoms in total. The molecule has 0 radical (unpaired) electrons. The van der Waals surface area contributed by atoms with Gasteiger partial charge < -0.3 is 14.5 Å².